The molecule has 1 saturated heterocycles. The molecule has 3 rings (SSSR count). The van der Waals surface area contributed by atoms with Crippen LogP contribution in [0.1, 0.15) is 13.3 Å². The summed E-state index contributed by atoms with van der Waals surface area (Å²) in [5.41, 5.74) is 2.24. The van der Waals surface area contributed by atoms with E-state index in [1.165, 1.54) is 5.52 Å². The average molecular weight is 286 g/mol. The van der Waals surface area contributed by atoms with Gasteiger partial charge in [0.05, 0.1) is 17.4 Å². The quantitative estimate of drug-likeness (QED) is 0.857. The van der Waals surface area contributed by atoms with Crippen LogP contribution < -0.4 is 0 Å². The van der Waals surface area contributed by atoms with Crippen molar-refractivity contribution in [3.05, 3.63) is 30.6 Å². The second-order valence-corrected chi connectivity index (χ2v) is 5.80. The number of hydrogen-bond donors (Lipinski definition) is 0. The molecule has 5 heteroatoms. The number of rotatable bonds is 4. The summed E-state index contributed by atoms with van der Waals surface area (Å²) < 4.78 is 2.21. The minimum atomic E-state index is 0.155. The Morgan fingerprint density at radius 2 is 2.19 bits per heavy atom. The van der Waals surface area contributed by atoms with Crippen molar-refractivity contribution in [3.8, 4) is 0 Å². The highest BCUT2D eigenvalue weighted by atomic mass is 16.2. The Labute approximate surface area is 125 Å². The number of benzene rings is 1. The van der Waals surface area contributed by atoms with Crippen molar-refractivity contribution in [1.29, 1.82) is 0 Å². The van der Waals surface area contributed by atoms with Crippen LogP contribution in [0.2, 0.25) is 0 Å². The molecule has 2 heterocycles. The fourth-order valence-corrected chi connectivity index (χ4v) is 3.03. The minimum absolute atomic E-state index is 0.155. The van der Waals surface area contributed by atoms with Gasteiger partial charge in [0, 0.05) is 46.2 Å². The first-order chi connectivity index (χ1) is 10.1. The third-order valence-electron chi connectivity index (χ3n) is 4.48. The Bertz CT molecular complexity index is 636. The zero-order valence-electron chi connectivity index (χ0n) is 12.7. The van der Waals surface area contributed by atoms with E-state index in [-0.39, 0.29) is 5.91 Å². The van der Waals surface area contributed by atoms with Gasteiger partial charge in [-0.15, -0.1) is 0 Å². The molecule has 0 unspecified atom stereocenters. The monoisotopic (exact) mass is 286 g/mol. The Morgan fingerprint density at radius 3 is 3.00 bits per heavy atom. The summed E-state index contributed by atoms with van der Waals surface area (Å²) in [6, 6.07) is 8.58. The van der Waals surface area contributed by atoms with Crippen molar-refractivity contribution >= 4 is 16.9 Å². The zero-order valence-corrected chi connectivity index (χ0v) is 12.7. The number of nitrogens with zero attached hydrogens (tertiary/aromatic N) is 4. The summed E-state index contributed by atoms with van der Waals surface area (Å²) in [7, 11) is 1.90. The molecular formula is C16H22N4O. The highest BCUT2D eigenvalue weighted by Crippen LogP contribution is 2.16. The Kier molecular flexibility index (Phi) is 3.92. The van der Waals surface area contributed by atoms with Gasteiger partial charge in [-0.25, -0.2) is 4.98 Å². The number of hydrogen-bond acceptors (Lipinski definition) is 3. The smallest absolute Gasteiger partial charge is 0.219 e. The summed E-state index contributed by atoms with van der Waals surface area (Å²) in [5, 5.41) is 0. The molecule has 1 aliphatic rings. The molecule has 1 atom stereocenters. The molecule has 0 radical (unpaired) electrons. The molecule has 0 saturated carbocycles. The maximum absolute atomic E-state index is 11.4. The first-order valence-electron chi connectivity index (χ1n) is 7.51. The molecule has 1 aromatic heterocycles. The molecule has 0 bridgehead atoms. The van der Waals surface area contributed by atoms with E-state index < -0.39 is 0 Å². The van der Waals surface area contributed by atoms with Gasteiger partial charge in [0.2, 0.25) is 5.91 Å². The van der Waals surface area contributed by atoms with Crippen molar-refractivity contribution in [2.24, 2.45) is 0 Å². The van der Waals surface area contributed by atoms with Gasteiger partial charge < -0.3 is 9.47 Å². The topological polar surface area (TPSA) is 41.4 Å². The second kappa shape index (κ2) is 5.85. The fourth-order valence-electron chi connectivity index (χ4n) is 3.03. The Morgan fingerprint density at radius 1 is 1.38 bits per heavy atom. The van der Waals surface area contributed by atoms with Gasteiger partial charge in [-0.05, 0) is 18.6 Å². The molecule has 21 heavy (non-hydrogen) atoms. The third-order valence-corrected chi connectivity index (χ3v) is 4.48. The number of para-hydroxylation sites is 2. The first kappa shape index (κ1) is 14.1. The Balaban J connectivity index is 1.58. The molecule has 2 aromatic rings. The van der Waals surface area contributed by atoms with E-state index in [1.807, 2.05) is 36.5 Å². The molecule has 1 aliphatic heterocycles. The maximum atomic E-state index is 11.4. The number of imidazole rings is 1. The van der Waals surface area contributed by atoms with Gasteiger partial charge in [0.1, 0.15) is 0 Å². The van der Waals surface area contributed by atoms with Gasteiger partial charge in [0.15, 0.2) is 0 Å². The highest BCUT2D eigenvalue weighted by molar-refractivity contribution is 5.75. The predicted octanol–water partition coefficient (Wildman–Crippen LogP) is 1.59. The van der Waals surface area contributed by atoms with Gasteiger partial charge >= 0.3 is 0 Å². The van der Waals surface area contributed by atoms with Crippen LogP contribution >= 0.6 is 0 Å². The second-order valence-electron chi connectivity index (χ2n) is 5.80. The van der Waals surface area contributed by atoms with Crippen molar-refractivity contribution in [2.45, 2.75) is 25.9 Å². The van der Waals surface area contributed by atoms with Crippen LogP contribution in [0, 0.1) is 0 Å². The number of likely N-dealkylation sites (N-methyl/N-ethyl adjacent to an activating group) is 1. The summed E-state index contributed by atoms with van der Waals surface area (Å²) >= 11 is 0. The predicted molar refractivity (Wildman–Crippen MR) is 83.0 cm³/mol. The minimum Gasteiger partial charge on any atom is -0.342 e. The lowest BCUT2D eigenvalue weighted by Crippen LogP contribution is -2.38. The average Bonchev–Trinajstić information content (AvgIpc) is 3.11. The van der Waals surface area contributed by atoms with Crippen molar-refractivity contribution in [2.75, 3.05) is 26.7 Å². The van der Waals surface area contributed by atoms with Crippen LogP contribution in [0.5, 0.6) is 0 Å². The van der Waals surface area contributed by atoms with Crippen LogP contribution in [0.15, 0.2) is 30.6 Å². The molecule has 5 nitrogen and oxygen atoms in total. The van der Waals surface area contributed by atoms with Crippen molar-refractivity contribution in [3.63, 3.8) is 0 Å². The van der Waals surface area contributed by atoms with E-state index in [0.29, 0.717) is 6.04 Å². The number of aromatic nitrogens is 2. The Hall–Kier alpha value is -1.88. The molecular weight excluding hydrogens is 264 g/mol. The van der Waals surface area contributed by atoms with E-state index in [0.717, 1.165) is 38.1 Å². The molecule has 0 N–H and O–H groups in total. The highest BCUT2D eigenvalue weighted by Gasteiger charge is 2.26. The van der Waals surface area contributed by atoms with Crippen LogP contribution in [0.4, 0.5) is 0 Å². The largest absolute Gasteiger partial charge is 0.342 e. The molecule has 0 aliphatic carbocycles. The standard InChI is InChI=1S/C16H22N4O/c1-13(21)18(2)14-7-8-19(11-14)9-10-20-12-17-15-5-3-4-6-16(15)20/h3-6,12,14H,7-11H2,1-2H3/t14-/m1/s1. The number of likely N-dealkylation sites (tertiary alicyclic amines) is 1. The van der Waals surface area contributed by atoms with E-state index in [4.69, 9.17) is 0 Å². The summed E-state index contributed by atoms with van der Waals surface area (Å²) in [6.45, 7) is 5.62. The summed E-state index contributed by atoms with van der Waals surface area (Å²) in [5.74, 6) is 0.155. The molecule has 0 spiro atoms. The van der Waals surface area contributed by atoms with Crippen molar-refractivity contribution in [1.82, 2.24) is 19.4 Å². The third kappa shape index (κ3) is 2.93. The van der Waals surface area contributed by atoms with E-state index in [2.05, 4.69) is 20.5 Å². The number of amides is 1. The first-order valence-corrected chi connectivity index (χ1v) is 7.51. The van der Waals surface area contributed by atoms with Crippen LogP contribution in [-0.4, -0.2) is 58.0 Å². The lowest BCUT2D eigenvalue weighted by molar-refractivity contribution is -0.129. The van der Waals surface area contributed by atoms with Crippen molar-refractivity contribution < 1.29 is 4.79 Å². The van der Waals surface area contributed by atoms with Gasteiger partial charge in [-0.2, -0.15) is 0 Å². The van der Waals surface area contributed by atoms with Crippen LogP contribution in [0.25, 0.3) is 11.0 Å². The van der Waals surface area contributed by atoms with Crippen LogP contribution in [-0.2, 0) is 11.3 Å². The molecule has 112 valence electrons. The molecule has 1 aromatic carbocycles. The molecule has 1 amide bonds. The van der Waals surface area contributed by atoms with E-state index >= 15 is 0 Å². The van der Waals surface area contributed by atoms with Gasteiger partial charge in [0.25, 0.3) is 0 Å². The normalized spacial score (nSPS) is 19.2. The van der Waals surface area contributed by atoms with Crippen LogP contribution in [0.3, 0.4) is 0 Å². The zero-order chi connectivity index (χ0) is 14.8. The maximum Gasteiger partial charge on any atom is 0.219 e. The SMILES string of the molecule is CC(=O)N(C)[C@@H]1CCN(CCn2cnc3ccccc32)C1. The lowest BCUT2D eigenvalue weighted by atomic mass is 10.2. The molecule has 1 fully saturated rings. The number of carbonyl (C=O) groups excluding carboxylic acids is 1. The summed E-state index contributed by atoms with van der Waals surface area (Å²) in [6.07, 6.45) is 2.99. The number of carbonyl (C=O) groups is 1. The van der Waals surface area contributed by atoms with Gasteiger partial charge in [-0.1, -0.05) is 12.1 Å². The lowest BCUT2D eigenvalue weighted by Gasteiger charge is -2.23. The van der Waals surface area contributed by atoms with E-state index in [1.54, 1.807) is 6.92 Å². The van der Waals surface area contributed by atoms with E-state index in [9.17, 15) is 4.79 Å². The number of fused-ring (bicyclic) bond motifs is 1. The summed E-state index contributed by atoms with van der Waals surface area (Å²) in [4.78, 5) is 20.1. The fraction of sp³-hybridized carbons (Fsp3) is 0.500. The van der Waals surface area contributed by atoms with Gasteiger partial charge in [-0.3, -0.25) is 9.69 Å².